The molecule has 4 rings (SSSR count). The van der Waals surface area contributed by atoms with Crippen LogP contribution in [0.1, 0.15) is 72.7 Å². The van der Waals surface area contributed by atoms with Crippen molar-refractivity contribution in [3.63, 3.8) is 0 Å². The molecule has 1 fully saturated rings. The molecule has 0 radical (unpaired) electrons. The third-order valence-corrected chi connectivity index (χ3v) is 9.42. The molecule has 2 aromatic carbocycles. The molecule has 1 aromatic heterocycles. The number of nitrogens with zero attached hydrogens (tertiary/aromatic N) is 4. The maximum Gasteiger partial charge on any atom is 0.419 e. The molecule has 0 spiro atoms. The fourth-order valence-electron chi connectivity index (χ4n) is 5.20. The fraction of sp³-hybridized carbons (Fsp3) is 0.486. The molecule has 2 heterocycles. The lowest BCUT2D eigenvalue weighted by Crippen LogP contribution is -2.51. The summed E-state index contributed by atoms with van der Waals surface area (Å²) in [7, 11) is -4.51. The second-order valence-electron chi connectivity index (χ2n) is 15.1. The number of hydrogen-bond acceptors (Lipinski definition) is 9. The van der Waals surface area contributed by atoms with Crippen LogP contribution >= 0.6 is 23.2 Å². The van der Waals surface area contributed by atoms with Gasteiger partial charge >= 0.3 is 18.2 Å². The summed E-state index contributed by atoms with van der Waals surface area (Å²) in [6, 6.07) is 8.07. The number of sulfonamides is 1. The van der Waals surface area contributed by atoms with Crippen molar-refractivity contribution in [2.24, 2.45) is 0 Å². The Morgan fingerprint density at radius 3 is 1.76 bits per heavy atom. The second kappa shape index (κ2) is 14.5. The summed E-state index contributed by atoms with van der Waals surface area (Å²) in [4.78, 5) is 56.0. The number of halogens is 2. The smallest absolute Gasteiger partial charge is 0.419 e. The van der Waals surface area contributed by atoms with E-state index in [1.807, 2.05) is 0 Å². The Hall–Kier alpha value is -4.01. The van der Waals surface area contributed by atoms with Gasteiger partial charge in [-0.3, -0.25) is 18.5 Å². The SMILES string of the molecule is CC(C)(C)OC(=O)CN(c1ccc2c(C(=O)N3CCN(C(=O)OC(C)(C)C)CC3)cn(C(=O)OC(C)(C)C)c2c1)S(=O)(=O)c1cc(Cl)cc(Cl)c1. The lowest BCUT2D eigenvalue weighted by atomic mass is 10.1. The van der Waals surface area contributed by atoms with Gasteiger partial charge in [0.25, 0.3) is 15.9 Å². The number of amides is 2. The van der Waals surface area contributed by atoms with Crippen molar-refractivity contribution in [1.29, 1.82) is 0 Å². The van der Waals surface area contributed by atoms with Crippen molar-refractivity contribution in [1.82, 2.24) is 14.4 Å². The molecule has 16 heteroatoms. The van der Waals surface area contributed by atoms with E-state index in [9.17, 15) is 27.6 Å². The first kappa shape index (κ1) is 39.8. The van der Waals surface area contributed by atoms with Crippen LogP contribution in [0.5, 0.6) is 0 Å². The monoisotopic (exact) mass is 766 g/mol. The van der Waals surface area contributed by atoms with E-state index in [2.05, 4.69) is 0 Å². The molecular weight excluding hydrogens is 723 g/mol. The Morgan fingerprint density at radius 1 is 0.725 bits per heavy atom. The van der Waals surface area contributed by atoms with E-state index < -0.39 is 57.4 Å². The molecule has 1 saturated heterocycles. The lowest BCUT2D eigenvalue weighted by Gasteiger charge is -2.35. The zero-order chi connectivity index (χ0) is 38.3. The van der Waals surface area contributed by atoms with E-state index in [1.54, 1.807) is 67.2 Å². The highest BCUT2D eigenvalue weighted by molar-refractivity contribution is 7.92. The third-order valence-electron chi connectivity index (χ3n) is 7.23. The number of carbonyl (C=O) groups excluding carboxylic acids is 4. The first-order valence-corrected chi connectivity index (χ1v) is 18.4. The molecule has 0 saturated carbocycles. The molecule has 0 N–H and O–H groups in total. The van der Waals surface area contributed by atoms with Crippen LogP contribution in [0.15, 0.2) is 47.5 Å². The Balaban J connectivity index is 1.80. The Morgan fingerprint density at radius 2 is 1.24 bits per heavy atom. The highest BCUT2D eigenvalue weighted by atomic mass is 35.5. The van der Waals surface area contributed by atoms with Crippen molar-refractivity contribution in [3.8, 4) is 0 Å². The van der Waals surface area contributed by atoms with Gasteiger partial charge in [-0.2, -0.15) is 0 Å². The Bertz CT molecular complexity index is 1930. The zero-order valence-electron chi connectivity index (χ0n) is 30.2. The van der Waals surface area contributed by atoms with Gasteiger partial charge in [-0.25, -0.2) is 18.0 Å². The normalized spacial score (nSPS) is 14.3. The number of carbonyl (C=O) groups is 4. The highest BCUT2D eigenvalue weighted by Gasteiger charge is 2.33. The van der Waals surface area contributed by atoms with Crippen LogP contribution in [0.2, 0.25) is 10.0 Å². The number of piperazine rings is 1. The Kier molecular flexibility index (Phi) is 11.3. The molecule has 0 atom stereocenters. The van der Waals surface area contributed by atoms with Gasteiger partial charge in [-0.15, -0.1) is 0 Å². The molecule has 3 aromatic rings. The van der Waals surface area contributed by atoms with E-state index >= 15 is 0 Å². The van der Waals surface area contributed by atoms with Crippen LogP contribution < -0.4 is 4.31 Å². The Labute approximate surface area is 308 Å². The molecule has 0 aliphatic carbocycles. The van der Waals surface area contributed by atoms with Crippen LogP contribution in [0.3, 0.4) is 0 Å². The van der Waals surface area contributed by atoms with Crippen molar-refractivity contribution in [3.05, 3.63) is 58.2 Å². The van der Waals surface area contributed by atoms with Crippen molar-refractivity contribution < 1.29 is 41.8 Å². The van der Waals surface area contributed by atoms with Gasteiger partial charge in [-0.05, 0) is 98.7 Å². The lowest BCUT2D eigenvalue weighted by molar-refractivity contribution is -0.152. The number of fused-ring (bicyclic) bond motifs is 1. The first-order valence-electron chi connectivity index (χ1n) is 16.2. The minimum Gasteiger partial charge on any atom is -0.459 e. The number of esters is 1. The van der Waals surface area contributed by atoms with Crippen LogP contribution in [0.25, 0.3) is 10.9 Å². The predicted octanol–water partition coefficient (Wildman–Crippen LogP) is 6.96. The van der Waals surface area contributed by atoms with E-state index in [-0.39, 0.29) is 57.9 Å². The van der Waals surface area contributed by atoms with Gasteiger partial charge in [0.1, 0.15) is 23.3 Å². The number of ether oxygens (including phenoxy) is 3. The summed E-state index contributed by atoms with van der Waals surface area (Å²) in [5.41, 5.74) is -2.23. The molecule has 1 aliphatic heterocycles. The summed E-state index contributed by atoms with van der Waals surface area (Å²) in [5.74, 6) is -1.26. The number of aromatic nitrogens is 1. The molecular formula is C35H44Cl2N4O9S. The maximum atomic E-state index is 14.2. The van der Waals surface area contributed by atoms with Crippen molar-refractivity contribution in [2.45, 2.75) is 84.0 Å². The molecule has 0 bridgehead atoms. The summed E-state index contributed by atoms with van der Waals surface area (Å²) < 4.78 is 46.8. The van der Waals surface area contributed by atoms with Gasteiger partial charge in [0.05, 0.1) is 21.7 Å². The summed E-state index contributed by atoms with van der Waals surface area (Å²) >= 11 is 12.3. The number of anilines is 1. The van der Waals surface area contributed by atoms with E-state index in [0.29, 0.717) is 5.39 Å². The van der Waals surface area contributed by atoms with Crippen molar-refractivity contribution >= 4 is 73.9 Å². The topological polar surface area (TPSA) is 145 Å². The molecule has 51 heavy (non-hydrogen) atoms. The van der Waals surface area contributed by atoms with Gasteiger partial charge < -0.3 is 24.0 Å². The summed E-state index contributed by atoms with van der Waals surface area (Å²) in [6.45, 7) is 15.5. The van der Waals surface area contributed by atoms with Crippen molar-refractivity contribution in [2.75, 3.05) is 37.0 Å². The van der Waals surface area contributed by atoms with E-state index in [1.165, 1.54) is 47.5 Å². The molecule has 13 nitrogen and oxygen atoms in total. The van der Waals surface area contributed by atoms with Gasteiger partial charge in [0, 0.05) is 47.8 Å². The van der Waals surface area contributed by atoms with Gasteiger partial charge in [0.15, 0.2) is 0 Å². The third kappa shape index (κ3) is 10.1. The second-order valence-corrected chi connectivity index (χ2v) is 17.8. The van der Waals surface area contributed by atoms with E-state index in [0.717, 1.165) is 8.87 Å². The van der Waals surface area contributed by atoms with Crippen LogP contribution in [0, 0.1) is 0 Å². The molecule has 2 amide bonds. The minimum atomic E-state index is -4.51. The van der Waals surface area contributed by atoms with Crippen LogP contribution in [-0.4, -0.2) is 96.4 Å². The van der Waals surface area contributed by atoms with E-state index in [4.69, 9.17) is 37.4 Å². The summed E-state index contributed by atoms with van der Waals surface area (Å²) in [6.07, 6.45) is 0.0466. The van der Waals surface area contributed by atoms with Gasteiger partial charge in [-0.1, -0.05) is 23.2 Å². The maximum absolute atomic E-state index is 14.2. The largest absolute Gasteiger partial charge is 0.459 e. The number of benzene rings is 2. The van der Waals surface area contributed by atoms with Crippen LogP contribution in [0.4, 0.5) is 15.3 Å². The fourth-order valence-corrected chi connectivity index (χ4v) is 7.33. The molecule has 1 aliphatic rings. The summed E-state index contributed by atoms with van der Waals surface area (Å²) in [5, 5.41) is 0.440. The van der Waals surface area contributed by atoms with Crippen LogP contribution in [-0.2, 0) is 29.0 Å². The molecule has 278 valence electrons. The minimum absolute atomic E-state index is 0.0164. The van der Waals surface area contributed by atoms with Gasteiger partial charge in [0.2, 0.25) is 0 Å². The standard InChI is InChI=1S/C35H44Cl2N4O9S/c1-33(2,3)48-29(42)21-41(51(46,47)25-17-22(36)16-23(37)18-25)24-10-11-26-27(20-40(28(26)19-24)32(45)50-35(7,8)9)30(43)38-12-14-39(15-13-38)31(44)49-34(4,5)6/h10-11,16-20H,12-15,21H2,1-9H3. The average Bonchev–Trinajstić information content (AvgIpc) is 3.35. The quantitative estimate of drug-likeness (QED) is 0.192. The number of hydrogen-bond donors (Lipinski definition) is 0. The predicted molar refractivity (Wildman–Crippen MR) is 194 cm³/mol. The first-order chi connectivity index (χ1) is 23.3. The number of rotatable bonds is 6. The highest BCUT2D eigenvalue weighted by Crippen LogP contribution is 2.33. The molecule has 0 unspecified atom stereocenters. The zero-order valence-corrected chi connectivity index (χ0v) is 32.5. The average molecular weight is 768 g/mol.